The maximum absolute atomic E-state index is 12.4. The fourth-order valence-electron chi connectivity index (χ4n) is 3.21. The van der Waals surface area contributed by atoms with Crippen molar-refractivity contribution in [2.24, 2.45) is 17.3 Å². The number of carboxylic acids is 1. The quantitative estimate of drug-likeness (QED) is 0.151. The van der Waals surface area contributed by atoms with Gasteiger partial charge in [0.15, 0.2) is 0 Å². The molecule has 0 bridgehead atoms. The van der Waals surface area contributed by atoms with Crippen molar-refractivity contribution in [1.29, 1.82) is 0 Å². The maximum atomic E-state index is 12.4. The van der Waals surface area contributed by atoms with Gasteiger partial charge in [-0.1, -0.05) is 69.2 Å². The van der Waals surface area contributed by atoms with Crippen molar-refractivity contribution in [2.45, 2.75) is 79.7 Å². The minimum atomic E-state index is -4.31. The van der Waals surface area contributed by atoms with E-state index in [1.165, 1.54) is 5.57 Å². The molecule has 0 aliphatic rings. The molecular weight excluding hydrogens is 454 g/mol. The van der Waals surface area contributed by atoms with Gasteiger partial charge < -0.3 is 10.4 Å². The van der Waals surface area contributed by atoms with Crippen LogP contribution >= 0.6 is 0 Å². The average Bonchev–Trinajstić information content (AvgIpc) is 2.68. The molecule has 0 aromatic rings. The van der Waals surface area contributed by atoms with Crippen LogP contribution in [0, 0.1) is 17.3 Å². The molecular formula is C26H43NO6S. The van der Waals surface area contributed by atoms with Crippen LogP contribution in [0.3, 0.4) is 0 Å². The fraction of sp³-hybridized carbons (Fsp3) is 0.615. The smallest absolute Gasteiger partial charge is 0.326 e. The van der Waals surface area contributed by atoms with Crippen molar-refractivity contribution in [2.75, 3.05) is 5.75 Å². The molecule has 0 saturated heterocycles. The van der Waals surface area contributed by atoms with E-state index in [1.807, 2.05) is 32.1 Å². The molecule has 0 fully saturated rings. The highest BCUT2D eigenvalue weighted by Gasteiger charge is 2.26. The first-order valence-electron chi connectivity index (χ1n) is 11.7. The number of amides is 1. The van der Waals surface area contributed by atoms with Crippen LogP contribution in [0.4, 0.5) is 0 Å². The first-order chi connectivity index (χ1) is 15.5. The maximum Gasteiger partial charge on any atom is 0.326 e. The third kappa shape index (κ3) is 15.6. The largest absolute Gasteiger partial charge is 0.480 e. The second kappa shape index (κ2) is 14.9. The van der Waals surface area contributed by atoms with Gasteiger partial charge in [0, 0.05) is 5.92 Å². The number of nitrogens with one attached hydrogen (secondary N) is 1. The molecule has 0 spiro atoms. The van der Waals surface area contributed by atoms with Crippen LogP contribution in [0.1, 0.15) is 73.6 Å². The van der Waals surface area contributed by atoms with Gasteiger partial charge in [-0.2, -0.15) is 8.42 Å². The highest BCUT2D eigenvalue weighted by molar-refractivity contribution is 7.85. The molecule has 1 amide bonds. The highest BCUT2D eigenvalue weighted by atomic mass is 32.2. The molecule has 3 atom stereocenters. The van der Waals surface area contributed by atoms with Crippen molar-refractivity contribution in [3.05, 3.63) is 48.1 Å². The lowest BCUT2D eigenvalue weighted by Crippen LogP contribution is -2.45. The van der Waals surface area contributed by atoms with Gasteiger partial charge in [0.2, 0.25) is 5.91 Å². The zero-order chi connectivity index (χ0) is 26.5. The van der Waals surface area contributed by atoms with Crippen molar-refractivity contribution in [3.8, 4) is 0 Å². The number of rotatable bonds is 16. The molecule has 0 aromatic carbocycles. The van der Waals surface area contributed by atoms with E-state index in [0.717, 1.165) is 31.3 Å². The third-order valence-corrected chi connectivity index (χ3v) is 6.51. The summed E-state index contributed by atoms with van der Waals surface area (Å²) < 4.78 is 30.5. The average molecular weight is 498 g/mol. The summed E-state index contributed by atoms with van der Waals surface area (Å²) in [6.45, 7) is 16.1. The Kier molecular flexibility index (Phi) is 14.0. The lowest BCUT2D eigenvalue weighted by atomic mass is 9.83. The molecule has 0 aliphatic heterocycles. The van der Waals surface area contributed by atoms with Crippen molar-refractivity contribution in [3.63, 3.8) is 0 Å². The minimum absolute atomic E-state index is 0.170. The van der Waals surface area contributed by atoms with E-state index < -0.39 is 46.1 Å². The summed E-state index contributed by atoms with van der Waals surface area (Å²) in [7, 11) is -4.31. The molecule has 3 N–H and O–H groups in total. The van der Waals surface area contributed by atoms with E-state index in [4.69, 9.17) is 4.55 Å². The van der Waals surface area contributed by atoms with Gasteiger partial charge in [-0.25, -0.2) is 4.79 Å². The number of carbonyl (C=O) groups is 2. The van der Waals surface area contributed by atoms with Gasteiger partial charge in [0.05, 0.1) is 5.75 Å². The molecule has 7 nitrogen and oxygen atoms in total. The van der Waals surface area contributed by atoms with Gasteiger partial charge in [0.1, 0.15) is 6.04 Å². The summed E-state index contributed by atoms with van der Waals surface area (Å²) in [5.41, 5.74) is 2.53. The number of carbonyl (C=O) groups excluding carboxylic acids is 1. The van der Waals surface area contributed by atoms with Crippen LogP contribution in [-0.2, 0) is 19.7 Å². The van der Waals surface area contributed by atoms with Gasteiger partial charge in [-0.05, 0) is 57.3 Å². The first kappa shape index (κ1) is 31.8. The van der Waals surface area contributed by atoms with Crippen LogP contribution in [0.5, 0.6) is 0 Å². The lowest BCUT2D eigenvalue weighted by Gasteiger charge is -2.22. The van der Waals surface area contributed by atoms with Gasteiger partial charge in [0.25, 0.3) is 10.1 Å². The Hall–Kier alpha value is -2.19. The fourth-order valence-corrected chi connectivity index (χ4v) is 3.74. The lowest BCUT2D eigenvalue weighted by molar-refractivity contribution is -0.142. The van der Waals surface area contributed by atoms with E-state index in [0.29, 0.717) is 0 Å². The first-order valence-corrected chi connectivity index (χ1v) is 13.3. The summed E-state index contributed by atoms with van der Waals surface area (Å²) in [6, 6.07) is -1.38. The highest BCUT2D eigenvalue weighted by Crippen LogP contribution is 2.28. The summed E-state index contributed by atoms with van der Waals surface area (Å²) in [5, 5.41) is 11.6. The van der Waals surface area contributed by atoms with Crippen LogP contribution in [0.15, 0.2) is 48.1 Å². The van der Waals surface area contributed by atoms with Crippen LogP contribution in [0.2, 0.25) is 0 Å². The Bertz CT molecular complexity index is 883. The van der Waals surface area contributed by atoms with Gasteiger partial charge in [-0.3, -0.25) is 9.35 Å². The van der Waals surface area contributed by atoms with Gasteiger partial charge in [-0.15, -0.1) is 6.58 Å². The Labute approximate surface area is 205 Å². The number of aliphatic carboxylic acids is 1. The number of hydrogen-bond acceptors (Lipinski definition) is 4. The van der Waals surface area contributed by atoms with Gasteiger partial charge >= 0.3 is 5.97 Å². The second-order valence-corrected chi connectivity index (χ2v) is 11.6. The Morgan fingerprint density at radius 3 is 2.32 bits per heavy atom. The topological polar surface area (TPSA) is 121 Å². The van der Waals surface area contributed by atoms with Crippen LogP contribution in [0.25, 0.3) is 0 Å². The molecule has 0 aromatic heterocycles. The molecule has 0 radical (unpaired) electrons. The predicted octanol–water partition coefficient (Wildman–Crippen LogP) is 5.33. The Morgan fingerprint density at radius 1 is 1.18 bits per heavy atom. The van der Waals surface area contributed by atoms with E-state index in [9.17, 15) is 23.1 Å². The standard InChI is InChI=1S/C26H43NO6S/c1-19(2)11-9-16-26(6,7)17-10-13-20(3)12-8-14-21(4)22(5)24(28)27-23(25(29)30)15-18-34(31,32)33/h8,10,12-14,21-23H,1,9,11,15-18H2,2-7H3,(H,27,28)(H,29,30)(H,31,32,33)/b13-10+,14-8+,20-12+/t21?,22-,23-/m0/s1. The van der Waals surface area contributed by atoms with Crippen LogP contribution < -0.4 is 5.32 Å². The number of carboxylic acid groups (broad SMARTS) is 1. The Balaban J connectivity index is 4.78. The summed E-state index contributed by atoms with van der Waals surface area (Å²) in [4.78, 5) is 23.7. The van der Waals surface area contributed by atoms with E-state index in [-0.39, 0.29) is 11.3 Å². The molecule has 1 unspecified atom stereocenters. The Morgan fingerprint density at radius 2 is 1.79 bits per heavy atom. The molecule has 194 valence electrons. The predicted molar refractivity (Wildman–Crippen MR) is 138 cm³/mol. The van der Waals surface area contributed by atoms with Crippen molar-refractivity contribution in [1.82, 2.24) is 5.32 Å². The summed E-state index contributed by atoms with van der Waals surface area (Å²) in [6.07, 6.45) is 13.9. The third-order valence-electron chi connectivity index (χ3n) is 5.76. The molecule has 8 heteroatoms. The van der Waals surface area contributed by atoms with Crippen molar-refractivity contribution < 1.29 is 27.7 Å². The SMILES string of the molecule is C=C(C)CCCC(C)(C)C/C=C/C(C)=C/C=C/C(C)[C@H](C)C(=O)N[C@@H](CCS(=O)(=O)O)C(=O)O. The summed E-state index contributed by atoms with van der Waals surface area (Å²) >= 11 is 0. The van der Waals surface area contributed by atoms with E-state index >= 15 is 0 Å². The van der Waals surface area contributed by atoms with E-state index in [1.54, 1.807) is 6.92 Å². The number of hydrogen-bond donors (Lipinski definition) is 3. The second-order valence-electron chi connectivity index (χ2n) is 10.00. The zero-order valence-electron chi connectivity index (χ0n) is 21.5. The molecule has 0 saturated carbocycles. The van der Waals surface area contributed by atoms with Crippen LogP contribution in [-0.4, -0.2) is 41.7 Å². The van der Waals surface area contributed by atoms with E-state index in [2.05, 4.69) is 44.8 Å². The molecule has 0 rings (SSSR count). The number of allylic oxidation sites excluding steroid dienone is 7. The van der Waals surface area contributed by atoms with Crippen molar-refractivity contribution >= 4 is 22.0 Å². The molecule has 0 aliphatic carbocycles. The monoisotopic (exact) mass is 497 g/mol. The zero-order valence-corrected chi connectivity index (χ0v) is 22.3. The molecule has 0 heterocycles. The molecule has 34 heavy (non-hydrogen) atoms. The summed E-state index contributed by atoms with van der Waals surface area (Å²) in [5.74, 6) is -3.27. The minimum Gasteiger partial charge on any atom is -0.480 e. The normalized spacial score (nSPS) is 15.9.